The molecule has 0 saturated carbocycles. The Morgan fingerprint density at radius 2 is 1.83 bits per heavy atom. The molecule has 0 aliphatic carbocycles. The van der Waals surface area contributed by atoms with Gasteiger partial charge < -0.3 is 9.72 Å². The number of benzene rings is 2. The molecule has 0 unspecified atom stereocenters. The van der Waals surface area contributed by atoms with Gasteiger partial charge in [-0.15, -0.1) is 0 Å². The van der Waals surface area contributed by atoms with Gasteiger partial charge >= 0.3 is 0 Å². The molecule has 2 aromatic carbocycles. The lowest BCUT2D eigenvalue weighted by atomic mass is 10.0. The molecule has 2 heterocycles. The first-order valence-electron chi connectivity index (χ1n) is 9.72. The first-order valence-corrected chi connectivity index (χ1v) is 11.2. The maximum atomic E-state index is 13.1. The van der Waals surface area contributed by atoms with Crippen LogP contribution in [0.15, 0.2) is 41.3 Å². The zero-order valence-corrected chi connectivity index (χ0v) is 17.4. The van der Waals surface area contributed by atoms with Gasteiger partial charge in [0.05, 0.1) is 17.7 Å². The van der Waals surface area contributed by atoms with Crippen LogP contribution in [-0.4, -0.2) is 44.2 Å². The van der Waals surface area contributed by atoms with E-state index in [0.29, 0.717) is 41.0 Å². The minimum absolute atomic E-state index is 0.219. The molecule has 1 aromatic heterocycles. The molecule has 0 amide bonds. The average Bonchev–Trinajstić information content (AvgIpc) is 3.12. The SMILES string of the molecule is COc1ccc(C)cc1-c1[nH]c2ccc(S(=O)(=O)N3CCCCC3)cc2c1C=O. The van der Waals surface area contributed by atoms with Crippen LogP contribution in [0.1, 0.15) is 35.2 Å². The predicted molar refractivity (Wildman–Crippen MR) is 113 cm³/mol. The van der Waals surface area contributed by atoms with Gasteiger partial charge in [0, 0.05) is 35.1 Å². The summed E-state index contributed by atoms with van der Waals surface area (Å²) >= 11 is 0. The molecule has 6 nitrogen and oxygen atoms in total. The lowest BCUT2D eigenvalue weighted by Crippen LogP contribution is -2.35. The van der Waals surface area contributed by atoms with Crippen molar-refractivity contribution in [3.8, 4) is 17.0 Å². The van der Waals surface area contributed by atoms with E-state index in [2.05, 4.69) is 4.98 Å². The van der Waals surface area contributed by atoms with Crippen LogP contribution in [0.3, 0.4) is 0 Å². The lowest BCUT2D eigenvalue weighted by molar-refractivity contribution is 0.112. The molecular formula is C22H24N2O4S. The summed E-state index contributed by atoms with van der Waals surface area (Å²) in [7, 11) is -1.99. The molecule has 0 spiro atoms. The van der Waals surface area contributed by atoms with Crippen LogP contribution in [0, 0.1) is 6.92 Å². The van der Waals surface area contributed by atoms with Crippen molar-refractivity contribution in [2.45, 2.75) is 31.1 Å². The Morgan fingerprint density at radius 1 is 1.07 bits per heavy atom. The van der Waals surface area contributed by atoms with Gasteiger partial charge in [-0.05, 0) is 50.1 Å². The highest BCUT2D eigenvalue weighted by molar-refractivity contribution is 7.89. The van der Waals surface area contributed by atoms with Crippen molar-refractivity contribution < 1.29 is 17.9 Å². The summed E-state index contributed by atoms with van der Waals surface area (Å²) in [6.07, 6.45) is 3.58. The van der Waals surface area contributed by atoms with Crippen molar-refractivity contribution in [3.05, 3.63) is 47.5 Å². The number of nitrogens with zero attached hydrogens (tertiary/aromatic N) is 1. The Bertz CT molecular complexity index is 1170. The minimum Gasteiger partial charge on any atom is -0.496 e. The highest BCUT2D eigenvalue weighted by Gasteiger charge is 2.27. The molecule has 1 aliphatic rings. The fourth-order valence-electron chi connectivity index (χ4n) is 3.96. The molecule has 1 saturated heterocycles. The molecule has 3 aromatic rings. The first-order chi connectivity index (χ1) is 14.0. The Balaban J connectivity index is 1.87. The Labute approximate surface area is 170 Å². The fourth-order valence-corrected chi connectivity index (χ4v) is 5.50. The van der Waals surface area contributed by atoms with Crippen LogP contribution < -0.4 is 4.74 Å². The number of sulfonamides is 1. The van der Waals surface area contributed by atoms with E-state index >= 15 is 0 Å². The largest absolute Gasteiger partial charge is 0.496 e. The van der Waals surface area contributed by atoms with E-state index in [1.165, 1.54) is 4.31 Å². The van der Waals surface area contributed by atoms with Crippen LogP contribution in [0.5, 0.6) is 5.75 Å². The van der Waals surface area contributed by atoms with E-state index in [9.17, 15) is 13.2 Å². The normalized spacial score (nSPS) is 15.5. The Hall–Kier alpha value is -2.64. The number of hydrogen-bond donors (Lipinski definition) is 1. The number of piperidine rings is 1. The lowest BCUT2D eigenvalue weighted by Gasteiger charge is -2.25. The number of ether oxygens (including phenoxy) is 1. The number of aromatic amines is 1. The molecule has 1 fully saturated rings. The van der Waals surface area contributed by atoms with Crippen molar-refractivity contribution in [2.75, 3.05) is 20.2 Å². The van der Waals surface area contributed by atoms with Crippen LogP contribution in [-0.2, 0) is 10.0 Å². The molecule has 7 heteroatoms. The van der Waals surface area contributed by atoms with Gasteiger partial charge in [0.25, 0.3) is 0 Å². The summed E-state index contributed by atoms with van der Waals surface area (Å²) < 4.78 is 33.1. The number of fused-ring (bicyclic) bond motifs is 1. The van der Waals surface area contributed by atoms with Crippen LogP contribution in [0.2, 0.25) is 0 Å². The summed E-state index contributed by atoms with van der Waals surface area (Å²) in [6.45, 7) is 3.05. The minimum atomic E-state index is -3.57. The van der Waals surface area contributed by atoms with Crippen LogP contribution in [0.25, 0.3) is 22.2 Å². The van der Waals surface area contributed by atoms with Gasteiger partial charge in [0.1, 0.15) is 5.75 Å². The zero-order valence-electron chi connectivity index (χ0n) is 16.6. The number of aldehydes is 1. The first kappa shape index (κ1) is 19.7. The van der Waals surface area contributed by atoms with E-state index in [1.807, 2.05) is 25.1 Å². The molecule has 0 bridgehead atoms. The number of nitrogens with one attached hydrogen (secondary N) is 1. The smallest absolute Gasteiger partial charge is 0.243 e. The number of H-pyrrole nitrogens is 1. The van der Waals surface area contributed by atoms with Crippen molar-refractivity contribution in [3.63, 3.8) is 0 Å². The third kappa shape index (κ3) is 3.45. The maximum absolute atomic E-state index is 13.1. The monoisotopic (exact) mass is 412 g/mol. The average molecular weight is 413 g/mol. The maximum Gasteiger partial charge on any atom is 0.243 e. The van der Waals surface area contributed by atoms with Crippen molar-refractivity contribution in [1.29, 1.82) is 0 Å². The van der Waals surface area contributed by atoms with Gasteiger partial charge in [-0.1, -0.05) is 18.1 Å². The summed E-state index contributed by atoms with van der Waals surface area (Å²) in [5, 5.41) is 0.594. The molecule has 0 atom stereocenters. The standard InChI is InChI=1S/C22H24N2O4S/c1-15-6-9-21(28-2)18(12-15)22-19(14-25)17-13-16(7-8-20(17)23-22)29(26,27)24-10-4-3-5-11-24/h6-9,12-14,23H,3-5,10-11H2,1-2H3. The molecular weight excluding hydrogens is 388 g/mol. The van der Waals surface area contributed by atoms with Crippen LogP contribution >= 0.6 is 0 Å². The number of hydrogen-bond acceptors (Lipinski definition) is 4. The number of carbonyl (C=O) groups is 1. The summed E-state index contributed by atoms with van der Waals surface area (Å²) in [5.41, 5.74) is 3.57. The van der Waals surface area contributed by atoms with E-state index in [0.717, 1.165) is 36.7 Å². The van der Waals surface area contributed by atoms with Gasteiger partial charge in [-0.2, -0.15) is 4.31 Å². The van der Waals surface area contributed by atoms with Gasteiger partial charge in [-0.25, -0.2) is 8.42 Å². The molecule has 152 valence electrons. The van der Waals surface area contributed by atoms with Crippen molar-refractivity contribution in [2.24, 2.45) is 0 Å². The molecule has 29 heavy (non-hydrogen) atoms. The Morgan fingerprint density at radius 3 is 2.52 bits per heavy atom. The summed E-state index contributed by atoms with van der Waals surface area (Å²) in [6, 6.07) is 10.7. The number of methoxy groups -OCH3 is 1. The van der Waals surface area contributed by atoms with E-state index < -0.39 is 10.0 Å². The van der Waals surface area contributed by atoms with Crippen molar-refractivity contribution in [1.82, 2.24) is 9.29 Å². The predicted octanol–water partition coefficient (Wildman–Crippen LogP) is 4.14. The van der Waals surface area contributed by atoms with Crippen LogP contribution in [0.4, 0.5) is 0 Å². The summed E-state index contributed by atoms with van der Waals surface area (Å²) in [5.74, 6) is 0.645. The van der Waals surface area contributed by atoms with E-state index in [-0.39, 0.29) is 4.90 Å². The third-order valence-electron chi connectivity index (χ3n) is 5.51. The highest BCUT2D eigenvalue weighted by Crippen LogP contribution is 2.36. The Kier molecular flexibility index (Phi) is 5.19. The third-order valence-corrected chi connectivity index (χ3v) is 7.40. The van der Waals surface area contributed by atoms with E-state index in [4.69, 9.17) is 4.74 Å². The van der Waals surface area contributed by atoms with E-state index in [1.54, 1.807) is 25.3 Å². The zero-order chi connectivity index (χ0) is 20.6. The summed E-state index contributed by atoms with van der Waals surface area (Å²) in [4.78, 5) is 15.5. The molecule has 1 N–H and O–H groups in total. The number of aromatic nitrogens is 1. The number of carbonyl (C=O) groups excluding carboxylic acids is 1. The molecule has 0 radical (unpaired) electrons. The number of aryl methyl sites for hydroxylation is 1. The number of rotatable bonds is 5. The van der Waals surface area contributed by atoms with Gasteiger partial charge in [0.2, 0.25) is 10.0 Å². The second kappa shape index (κ2) is 7.65. The highest BCUT2D eigenvalue weighted by atomic mass is 32.2. The fraction of sp³-hybridized carbons (Fsp3) is 0.318. The second-order valence-corrected chi connectivity index (χ2v) is 9.35. The van der Waals surface area contributed by atoms with Gasteiger partial charge in [-0.3, -0.25) is 4.79 Å². The quantitative estimate of drug-likeness (QED) is 0.639. The van der Waals surface area contributed by atoms with Gasteiger partial charge in [0.15, 0.2) is 6.29 Å². The molecule has 1 aliphatic heterocycles. The molecule has 4 rings (SSSR count). The second-order valence-electron chi connectivity index (χ2n) is 7.41. The van der Waals surface area contributed by atoms with Crippen molar-refractivity contribution >= 4 is 27.2 Å². The topological polar surface area (TPSA) is 79.5 Å².